The van der Waals surface area contributed by atoms with E-state index in [-0.39, 0.29) is 12.9 Å². The van der Waals surface area contributed by atoms with Crippen LogP contribution in [-0.4, -0.2) is 0 Å². The van der Waals surface area contributed by atoms with Crippen molar-refractivity contribution in [2.75, 3.05) is 0 Å². The molecule has 0 aromatic heterocycles. The number of hydrogen-bond donors (Lipinski definition) is 0. The molecule has 140 valence electrons. The summed E-state index contributed by atoms with van der Waals surface area (Å²) in [6.45, 7) is 1.97. The molecule has 1 aliphatic carbocycles. The summed E-state index contributed by atoms with van der Waals surface area (Å²) in [4.78, 5) is 0. The van der Waals surface area contributed by atoms with Gasteiger partial charge in [-0.05, 0) is 79.8 Å². The fourth-order valence-electron chi connectivity index (χ4n) is 3.72. The summed E-state index contributed by atoms with van der Waals surface area (Å²) in [5, 5.41) is 0. The molecule has 26 heavy (non-hydrogen) atoms. The molecular weight excluding hydrogens is 347 g/mol. The number of hydrogen-bond acceptors (Lipinski definition) is 0. The van der Waals surface area contributed by atoms with Gasteiger partial charge in [-0.3, -0.25) is 0 Å². The van der Waals surface area contributed by atoms with Crippen LogP contribution >= 0.6 is 0 Å². The zero-order valence-electron chi connectivity index (χ0n) is 14.3. The van der Waals surface area contributed by atoms with Gasteiger partial charge in [0.1, 0.15) is 11.6 Å². The molecule has 0 unspecified atom stereocenters. The summed E-state index contributed by atoms with van der Waals surface area (Å²) in [5.74, 6) is -5.88. The smallest absolute Gasteiger partial charge is 0.194 e. The van der Waals surface area contributed by atoms with Crippen molar-refractivity contribution in [2.24, 2.45) is 5.92 Å². The molecule has 0 atom stereocenters. The minimum Gasteiger partial charge on any atom is -0.206 e. The van der Waals surface area contributed by atoms with Crippen molar-refractivity contribution < 1.29 is 23.4 Å². The van der Waals surface area contributed by atoms with Crippen LogP contribution in [0.2, 0.25) is 0 Å². The predicted octanol–water partition coefficient (Wildman–Crippen LogP) is 7.15. The Balaban J connectivity index is 0.00000261. The van der Waals surface area contributed by atoms with E-state index < -0.39 is 34.6 Å². The standard InChI is InChI=1S/C21H19F5.H2/c1-2-3-12-4-6-13(7-5-12)14-8-16(22)20(17(23)9-14)15-10-18(24)21(26)19(25)11-15;/h2-3,8-13H,4-7H2,1H3;1H/b3-2+;. The topological polar surface area (TPSA) is 0 Å². The van der Waals surface area contributed by atoms with Crippen LogP contribution in [0.1, 0.15) is 45.5 Å². The van der Waals surface area contributed by atoms with Crippen molar-refractivity contribution in [2.45, 2.75) is 38.5 Å². The lowest BCUT2D eigenvalue weighted by Gasteiger charge is -2.27. The number of benzene rings is 2. The molecule has 1 fully saturated rings. The minimum absolute atomic E-state index is 0. The SMILES string of the molecule is C/C=C/C1CCC(c2cc(F)c(-c3cc(F)c(F)c(F)c3)c(F)c2)CC1.[HH]. The lowest BCUT2D eigenvalue weighted by Crippen LogP contribution is -2.12. The number of allylic oxidation sites excluding steroid dienone is 2. The second-order valence-electron chi connectivity index (χ2n) is 6.75. The molecule has 0 heterocycles. The van der Waals surface area contributed by atoms with Gasteiger partial charge in [0.05, 0.1) is 5.56 Å². The van der Waals surface area contributed by atoms with Crippen molar-refractivity contribution in [3.8, 4) is 11.1 Å². The van der Waals surface area contributed by atoms with Gasteiger partial charge in [0, 0.05) is 1.43 Å². The Labute approximate surface area is 150 Å². The summed E-state index contributed by atoms with van der Waals surface area (Å²) < 4.78 is 68.9. The molecular formula is C21H21F5. The Morgan fingerprint density at radius 3 is 1.85 bits per heavy atom. The van der Waals surface area contributed by atoms with Gasteiger partial charge < -0.3 is 0 Å². The maximum Gasteiger partial charge on any atom is 0.194 e. The third kappa shape index (κ3) is 3.67. The van der Waals surface area contributed by atoms with E-state index in [0.717, 1.165) is 25.7 Å². The quantitative estimate of drug-likeness (QED) is 0.307. The van der Waals surface area contributed by atoms with Crippen molar-refractivity contribution >= 4 is 0 Å². The van der Waals surface area contributed by atoms with Crippen molar-refractivity contribution in [1.29, 1.82) is 0 Å². The van der Waals surface area contributed by atoms with Crippen LogP contribution in [0, 0.1) is 35.0 Å². The summed E-state index contributed by atoms with van der Waals surface area (Å²) in [6.07, 6.45) is 7.72. The van der Waals surface area contributed by atoms with Gasteiger partial charge in [0.2, 0.25) is 0 Å². The molecule has 3 rings (SSSR count). The van der Waals surface area contributed by atoms with Crippen LogP contribution in [0.25, 0.3) is 11.1 Å². The molecule has 5 heteroatoms. The van der Waals surface area contributed by atoms with Gasteiger partial charge in [-0.1, -0.05) is 12.2 Å². The summed E-state index contributed by atoms with van der Waals surface area (Å²) in [7, 11) is 0. The monoisotopic (exact) mass is 368 g/mol. The average Bonchev–Trinajstić information content (AvgIpc) is 2.60. The Bertz CT molecular complexity index is 792. The van der Waals surface area contributed by atoms with Gasteiger partial charge in [-0.2, -0.15) is 0 Å². The molecule has 2 aromatic carbocycles. The fraction of sp³-hybridized carbons (Fsp3) is 0.333. The third-order valence-corrected chi connectivity index (χ3v) is 5.04. The van der Waals surface area contributed by atoms with E-state index in [4.69, 9.17) is 0 Å². The maximum absolute atomic E-state index is 14.5. The van der Waals surface area contributed by atoms with E-state index >= 15 is 0 Å². The zero-order valence-corrected chi connectivity index (χ0v) is 14.3. The largest absolute Gasteiger partial charge is 0.206 e. The first-order chi connectivity index (χ1) is 12.4. The molecule has 0 aliphatic heterocycles. The van der Waals surface area contributed by atoms with Crippen LogP contribution in [0.3, 0.4) is 0 Å². The van der Waals surface area contributed by atoms with E-state index in [1.165, 1.54) is 12.1 Å². The normalized spacial score (nSPS) is 20.7. The Morgan fingerprint density at radius 2 is 1.35 bits per heavy atom. The van der Waals surface area contributed by atoms with E-state index in [9.17, 15) is 22.0 Å². The molecule has 0 amide bonds. The Morgan fingerprint density at radius 1 is 0.808 bits per heavy atom. The Kier molecular flexibility index (Phi) is 5.44. The molecule has 0 radical (unpaired) electrons. The lowest BCUT2D eigenvalue weighted by atomic mass is 9.78. The molecule has 0 saturated heterocycles. The molecule has 1 saturated carbocycles. The molecule has 0 nitrogen and oxygen atoms in total. The fourth-order valence-corrected chi connectivity index (χ4v) is 3.72. The van der Waals surface area contributed by atoms with E-state index in [0.29, 0.717) is 23.6 Å². The molecule has 0 spiro atoms. The van der Waals surface area contributed by atoms with Crippen LogP contribution in [0.5, 0.6) is 0 Å². The molecule has 1 aliphatic rings. The first-order valence-corrected chi connectivity index (χ1v) is 8.67. The van der Waals surface area contributed by atoms with E-state index in [1.807, 2.05) is 13.0 Å². The van der Waals surface area contributed by atoms with Gasteiger partial charge in [0.25, 0.3) is 0 Å². The minimum atomic E-state index is -1.66. The van der Waals surface area contributed by atoms with Crippen molar-refractivity contribution in [3.05, 3.63) is 71.1 Å². The first kappa shape index (κ1) is 18.6. The second-order valence-corrected chi connectivity index (χ2v) is 6.75. The van der Waals surface area contributed by atoms with Gasteiger partial charge in [-0.25, -0.2) is 22.0 Å². The Hall–Kier alpha value is -2.17. The number of halogens is 5. The summed E-state index contributed by atoms with van der Waals surface area (Å²) in [6, 6.07) is 3.64. The highest BCUT2D eigenvalue weighted by molar-refractivity contribution is 5.65. The maximum atomic E-state index is 14.5. The van der Waals surface area contributed by atoms with E-state index in [2.05, 4.69) is 6.08 Å². The highest BCUT2D eigenvalue weighted by Gasteiger charge is 2.24. The summed E-state index contributed by atoms with van der Waals surface area (Å²) in [5.41, 5.74) is -0.361. The molecule has 2 aromatic rings. The van der Waals surface area contributed by atoms with Crippen LogP contribution < -0.4 is 0 Å². The average molecular weight is 368 g/mol. The van der Waals surface area contributed by atoms with Gasteiger partial charge >= 0.3 is 0 Å². The lowest BCUT2D eigenvalue weighted by molar-refractivity contribution is 0.374. The summed E-state index contributed by atoms with van der Waals surface area (Å²) >= 11 is 0. The van der Waals surface area contributed by atoms with Crippen LogP contribution in [-0.2, 0) is 0 Å². The molecule has 0 N–H and O–H groups in total. The zero-order chi connectivity index (χ0) is 18.8. The number of rotatable bonds is 3. The van der Waals surface area contributed by atoms with Crippen LogP contribution in [0.15, 0.2) is 36.4 Å². The van der Waals surface area contributed by atoms with Crippen molar-refractivity contribution in [3.63, 3.8) is 0 Å². The highest BCUT2D eigenvalue weighted by Crippen LogP contribution is 2.38. The van der Waals surface area contributed by atoms with Crippen molar-refractivity contribution in [1.82, 2.24) is 0 Å². The third-order valence-electron chi connectivity index (χ3n) is 5.04. The van der Waals surface area contributed by atoms with Crippen LogP contribution in [0.4, 0.5) is 22.0 Å². The van der Waals surface area contributed by atoms with Gasteiger partial charge in [0.15, 0.2) is 17.5 Å². The highest BCUT2D eigenvalue weighted by atomic mass is 19.2. The van der Waals surface area contributed by atoms with E-state index in [1.54, 1.807) is 0 Å². The first-order valence-electron chi connectivity index (χ1n) is 8.67. The predicted molar refractivity (Wildman–Crippen MR) is 93.3 cm³/mol. The van der Waals surface area contributed by atoms with Gasteiger partial charge in [-0.15, -0.1) is 0 Å². The molecule has 0 bridgehead atoms. The second kappa shape index (κ2) is 7.60.